The first kappa shape index (κ1) is 19.1. The average Bonchev–Trinajstić information content (AvgIpc) is 3.54. The summed E-state index contributed by atoms with van der Waals surface area (Å²) in [5.41, 5.74) is 1.30. The second-order valence-corrected chi connectivity index (χ2v) is 9.61. The van der Waals surface area contributed by atoms with E-state index in [4.69, 9.17) is 23.2 Å². The number of imide groups is 1. The van der Waals surface area contributed by atoms with Crippen molar-refractivity contribution in [1.29, 1.82) is 0 Å². The fourth-order valence-electron chi connectivity index (χ4n) is 5.77. The Morgan fingerprint density at radius 2 is 1.58 bits per heavy atom. The molecule has 2 bridgehead atoms. The van der Waals surface area contributed by atoms with E-state index in [0.717, 1.165) is 6.42 Å². The van der Waals surface area contributed by atoms with Crippen molar-refractivity contribution in [3.05, 3.63) is 70.2 Å². The molecule has 2 aromatic carbocycles. The Bertz CT molecular complexity index is 1160. The molecule has 31 heavy (non-hydrogen) atoms. The SMILES string of the molecule is O=C(Nc1ccc(Cl)c(Cl)c1)c1cccc(N2C(=O)[C@@H]3[C@H]4C=C[C@H]([C@H]5C[C@H]45)[C@@H]3C2=O)c1. The Morgan fingerprint density at radius 3 is 2.23 bits per heavy atom. The zero-order valence-corrected chi connectivity index (χ0v) is 17.8. The molecular formula is C24H18Cl2N2O3. The van der Waals surface area contributed by atoms with Crippen LogP contribution < -0.4 is 10.2 Å². The van der Waals surface area contributed by atoms with Crippen LogP contribution >= 0.6 is 23.2 Å². The Morgan fingerprint density at radius 1 is 0.903 bits per heavy atom. The molecule has 0 radical (unpaired) electrons. The van der Waals surface area contributed by atoms with E-state index >= 15 is 0 Å². The molecule has 1 aliphatic heterocycles. The minimum Gasteiger partial charge on any atom is -0.322 e. The lowest BCUT2D eigenvalue weighted by Crippen LogP contribution is -2.40. The Labute approximate surface area is 189 Å². The highest BCUT2D eigenvalue weighted by Gasteiger charge is 2.67. The number of nitrogens with one attached hydrogen (secondary N) is 1. The molecule has 2 saturated carbocycles. The average molecular weight is 453 g/mol. The molecule has 0 aromatic heterocycles. The molecule has 1 N–H and O–H groups in total. The third-order valence-electron chi connectivity index (χ3n) is 7.21. The van der Waals surface area contributed by atoms with Crippen molar-refractivity contribution >= 4 is 52.3 Å². The summed E-state index contributed by atoms with van der Waals surface area (Å²) >= 11 is 11.9. The van der Waals surface area contributed by atoms with Crippen molar-refractivity contribution in [2.45, 2.75) is 6.42 Å². The van der Waals surface area contributed by atoms with E-state index in [0.29, 0.717) is 38.8 Å². The largest absolute Gasteiger partial charge is 0.322 e. The van der Waals surface area contributed by atoms with E-state index in [1.165, 1.54) is 4.90 Å². The van der Waals surface area contributed by atoms with Crippen LogP contribution in [-0.4, -0.2) is 17.7 Å². The topological polar surface area (TPSA) is 66.5 Å². The van der Waals surface area contributed by atoms with Gasteiger partial charge in [0.05, 0.1) is 27.6 Å². The number of rotatable bonds is 3. The van der Waals surface area contributed by atoms with Gasteiger partial charge in [-0.2, -0.15) is 0 Å². The van der Waals surface area contributed by atoms with Crippen LogP contribution in [0.15, 0.2) is 54.6 Å². The number of carbonyl (C=O) groups is 3. The number of nitrogens with zero attached hydrogens (tertiary/aromatic N) is 1. The maximum Gasteiger partial charge on any atom is 0.255 e. The van der Waals surface area contributed by atoms with Gasteiger partial charge < -0.3 is 5.32 Å². The summed E-state index contributed by atoms with van der Waals surface area (Å²) in [6.07, 6.45) is 5.42. The standard InChI is InChI=1S/C24H18Cl2N2O3/c25-18-7-4-12(9-19(18)26)27-22(29)11-2-1-3-13(8-11)28-23(30)20-14-5-6-15(17-10-16(14)17)21(20)24(28)31/h1-9,14-17,20-21H,10H2,(H,27,29)/t14-,15+,16-,17-,20+,21-/m1/s1. The molecule has 5 nitrogen and oxygen atoms in total. The molecule has 0 spiro atoms. The highest BCUT2D eigenvalue weighted by atomic mass is 35.5. The van der Waals surface area contributed by atoms with Gasteiger partial charge in [0, 0.05) is 11.3 Å². The molecule has 4 aliphatic carbocycles. The number of anilines is 2. The van der Waals surface area contributed by atoms with Gasteiger partial charge >= 0.3 is 0 Å². The fourth-order valence-corrected chi connectivity index (χ4v) is 6.07. The summed E-state index contributed by atoms with van der Waals surface area (Å²) in [6.45, 7) is 0. The van der Waals surface area contributed by atoms with Gasteiger partial charge in [-0.1, -0.05) is 41.4 Å². The van der Waals surface area contributed by atoms with Crippen molar-refractivity contribution in [2.24, 2.45) is 35.5 Å². The van der Waals surface area contributed by atoms with Crippen LogP contribution in [0.5, 0.6) is 0 Å². The predicted molar refractivity (Wildman–Crippen MR) is 118 cm³/mol. The maximum atomic E-state index is 13.3. The number of carbonyl (C=O) groups excluding carboxylic acids is 3. The van der Waals surface area contributed by atoms with Crippen LogP contribution in [0.4, 0.5) is 11.4 Å². The van der Waals surface area contributed by atoms with Gasteiger partial charge in [0.25, 0.3) is 5.91 Å². The van der Waals surface area contributed by atoms with Gasteiger partial charge in [-0.3, -0.25) is 14.4 Å². The van der Waals surface area contributed by atoms with Crippen LogP contribution in [0, 0.1) is 35.5 Å². The minimum absolute atomic E-state index is 0.137. The molecule has 3 amide bonds. The highest BCUT2D eigenvalue weighted by Crippen LogP contribution is 2.65. The lowest BCUT2D eigenvalue weighted by Gasteiger charge is -2.37. The van der Waals surface area contributed by atoms with Crippen molar-refractivity contribution in [1.82, 2.24) is 0 Å². The molecule has 3 fully saturated rings. The normalized spacial score (nSPS) is 32.1. The third kappa shape index (κ3) is 2.80. The highest BCUT2D eigenvalue weighted by molar-refractivity contribution is 6.42. The van der Waals surface area contributed by atoms with Crippen molar-refractivity contribution in [3.8, 4) is 0 Å². The summed E-state index contributed by atoms with van der Waals surface area (Å²) in [7, 11) is 0. The number of allylic oxidation sites excluding steroid dienone is 2. The molecule has 156 valence electrons. The van der Waals surface area contributed by atoms with Crippen LogP contribution in [0.25, 0.3) is 0 Å². The number of hydrogen-bond donors (Lipinski definition) is 1. The van der Waals surface area contributed by atoms with Gasteiger partial charge in [-0.25, -0.2) is 4.90 Å². The molecule has 6 atom stereocenters. The lowest BCUT2D eigenvalue weighted by atomic mass is 9.63. The predicted octanol–water partition coefficient (Wildman–Crippen LogP) is 4.80. The van der Waals surface area contributed by atoms with Crippen molar-refractivity contribution in [2.75, 3.05) is 10.2 Å². The molecule has 7 rings (SSSR count). The first-order valence-corrected chi connectivity index (χ1v) is 11.1. The zero-order valence-electron chi connectivity index (χ0n) is 16.3. The van der Waals surface area contributed by atoms with E-state index < -0.39 is 0 Å². The second kappa shape index (κ2) is 6.68. The second-order valence-electron chi connectivity index (χ2n) is 8.80. The van der Waals surface area contributed by atoms with E-state index in [9.17, 15) is 14.4 Å². The maximum absolute atomic E-state index is 13.3. The molecule has 1 heterocycles. The zero-order chi connectivity index (χ0) is 21.4. The van der Waals surface area contributed by atoms with Crippen molar-refractivity contribution < 1.29 is 14.4 Å². The van der Waals surface area contributed by atoms with E-state index in [2.05, 4.69) is 17.5 Å². The first-order chi connectivity index (χ1) is 14.9. The number of halogens is 2. The van der Waals surface area contributed by atoms with Crippen LogP contribution in [-0.2, 0) is 9.59 Å². The molecular weight excluding hydrogens is 435 g/mol. The molecule has 1 saturated heterocycles. The summed E-state index contributed by atoms with van der Waals surface area (Å²) in [4.78, 5) is 40.6. The number of benzene rings is 2. The van der Waals surface area contributed by atoms with Gasteiger partial charge in [-0.15, -0.1) is 0 Å². The smallest absolute Gasteiger partial charge is 0.255 e. The number of hydrogen-bond acceptors (Lipinski definition) is 3. The summed E-state index contributed by atoms with van der Waals surface area (Å²) < 4.78 is 0. The van der Waals surface area contributed by atoms with Crippen molar-refractivity contribution in [3.63, 3.8) is 0 Å². The molecule has 2 aromatic rings. The van der Waals surface area contributed by atoms with Gasteiger partial charge in [0.1, 0.15) is 0 Å². The number of amides is 3. The first-order valence-electron chi connectivity index (χ1n) is 10.4. The van der Waals surface area contributed by atoms with Gasteiger partial charge in [0.2, 0.25) is 11.8 Å². The van der Waals surface area contributed by atoms with E-state index in [1.54, 1.807) is 42.5 Å². The molecule has 7 heteroatoms. The Kier molecular flexibility index (Phi) is 4.11. The molecule has 5 aliphatic rings. The van der Waals surface area contributed by atoms with E-state index in [1.807, 2.05) is 0 Å². The van der Waals surface area contributed by atoms with E-state index in [-0.39, 0.29) is 41.4 Å². The van der Waals surface area contributed by atoms with Crippen LogP contribution in [0.2, 0.25) is 10.0 Å². The third-order valence-corrected chi connectivity index (χ3v) is 7.95. The monoisotopic (exact) mass is 452 g/mol. The summed E-state index contributed by atoms with van der Waals surface area (Å²) in [5.74, 6) is 0.279. The lowest BCUT2D eigenvalue weighted by molar-refractivity contribution is -0.124. The summed E-state index contributed by atoms with van der Waals surface area (Å²) in [6, 6.07) is 11.5. The van der Waals surface area contributed by atoms with Gasteiger partial charge in [-0.05, 0) is 66.5 Å². The Balaban J connectivity index is 1.28. The van der Waals surface area contributed by atoms with Crippen LogP contribution in [0.3, 0.4) is 0 Å². The molecule has 0 unspecified atom stereocenters. The van der Waals surface area contributed by atoms with Crippen LogP contribution in [0.1, 0.15) is 16.8 Å². The quantitative estimate of drug-likeness (QED) is 0.536. The Hall–Kier alpha value is -2.63. The summed E-state index contributed by atoms with van der Waals surface area (Å²) in [5, 5.41) is 3.51. The van der Waals surface area contributed by atoms with Gasteiger partial charge in [0.15, 0.2) is 0 Å². The minimum atomic E-state index is -0.361. The fraction of sp³-hybridized carbons (Fsp3) is 0.292.